The molecule has 1 aliphatic heterocycles. The molecular weight excluding hydrogens is 332 g/mol. The lowest BCUT2D eigenvalue weighted by Gasteiger charge is -2.18. The highest BCUT2D eigenvalue weighted by Gasteiger charge is 2.17. The van der Waals surface area contributed by atoms with Crippen molar-refractivity contribution in [2.24, 2.45) is 0 Å². The lowest BCUT2D eigenvalue weighted by atomic mass is 10.3. The summed E-state index contributed by atoms with van der Waals surface area (Å²) in [5.41, 5.74) is 0. The summed E-state index contributed by atoms with van der Waals surface area (Å²) < 4.78 is 23.7. The number of carbonyl (C=O) groups excluding carboxylic acids is 1. The first kappa shape index (κ1) is 14.6. The van der Waals surface area contributed by atoms with E-state index < -0.39 is 10.8 Å². The molecular formula is C14H11ClO4S2. The van der Waals surface area contributed by atoms with Crippen molar-refractivity contribution in [1.82, 2.24) is 0 Å². The smallest absolute Gasteiger partial charge is 0.185 e. The summed E-state index contributed by atoms with van der Waals surface area (Å²) in [4.78, 5) is 13.1. The second-order valence-corrected chi connectivity index (χ2v) is 7.49. The Morgan fingerprint density at radius 2 is 1.95 bits per heavy atom. The average Bonchev–Trinajstić information content (AvgIpc) is 2.93. The van der Waals surface area contributed by atoms with E-state index in [0.29, 0.717) is 38.8 Å². The van der Waals surface area contributed by atoms with Crippen molar-refractivity contribution >= 4 is 39.5 Å². The van der Waals surface area contributed by atoms with Gasteiger partial charge in [0.25, 0.3) is 0 Å². The Bertz CT molecular complexity index is 711. The van der Waals surface area contributed by atoms with Crippen LogP contribution in [-0.4, -0.2) is 29.0 Å². The topological polar surface area (TPSA) is 52.6 Å². The van der Waals surface area contributed by atoms with Gasteiger partial charge in [0.1, 0.15) is 13.2 Å². The number of ketones is 1. The van der Waals surface area contributed by atoms with Crippen molar-refractivity contribution in [1.29, 1.82) is 0 Å². The first-order valence-corrected chi connectivity index (χ1v) is 8.71. The molecule has 0 fully saturated rings. The van der Waals surface area contributed by atoms with Crippen LogP contribution in [0.25, 0.3) is 0 Å². The lowest BCUT2D eigenvalue weighted by molar-refractivity contribution is 0.102. The molecule has 4 nitrogen and oxygen atoms in total. The summed E-state index contributed by atoms with van der Waals surface area (Å²) in [7, 11) is -1.42. The molecule has 3 rings (SSSR count). The third kappa shape index (κ3) is 3.28. The van der Waals surface area contributed by atoms with Crippen molar-refractivity contribution in [3.05, 3.63) is 39.5 Å². The van der Waals surface area contributed by atoms with E-state index in [9.17, 15) is 9.00 Å². The second kappa shape index (κ2) is 6.17. The van der Waals surface area contributed by atoms with Crippen LogP contribution in [0.2, 0.25) is 4.34 Å². The molecule has 0 amide bonds. The molecule has 7 heteroatoms. The fraction of sp³-hybridized carbons (Fsp3) is 0.214. The van der Waals surface area contributed by atoms with Gasteiger partial charge in [-0.25, -0.2) is 0 Å². The van der Waals surface area contributed by atoms with Crippen molar-refractivity contribution in [3.63, 3.8) is 0 Å². The average molecular weight is 343 g/mol. The maximum Gasteiger partial charge on any atom is 0.185 e. The number of hydrogen-bond acceptors (Lipinski definition) is 5. The largest absolute Gasteiger partial charge is 0.486 e. The Kier molecular flexibility index (Phi) is 4.28. The predicted molar refractivity (Wildman–Crippen MR) is 82.4 cm³/mol. The van der Waals surface area contributed by atoms with Gasteiger partial charge in [-0.15, -0.1) is 11.3 Å². The minimum atomic E-state index is -1.42. The van der Waals surface area contributed by atoms with Gasteiger partial charge in [-0.2, -0.15) is 0 Å². The van der Waals surface area contributed by atoms with Crippen LogP contribution in [0.5, 0.6) is 11.5 Å². The molecule has 0 spiro atoms. The van der Waals surface area contributed by atoms with Crippen LogP contribution in [-0.2, 0) is 10.8 Å². The molecule has 1 aliphatic rings. The minimum absolute atomic E-state index is 0.0729. The van der Waals surface area contributed by atoms with Crippen LogP contribution in [0.1, 0.15) is 9.67 Å². The van der Waals surface area contributed by atoms with Gasteiger partial charge in [-0.05, 0) is 24.3 Å². The molecule has 0 radical (unpaired) electrons. The zero-order chi connectivity index (χ0) is 14.8. The first-order valence-electron chi connectivity index (χ1n) is 6.20. The summed E-state index contributed by atoms with van der Waals surface area (Å²) in [6.07, 6.45) is 0. The van der Waals surface area contributed by atoms with Gasteiger partial charge < -0.3 is 9.47 Å². The van der Waals surface area contributed by atoms with Gasteiger partial charge >= 0.3 is 0 Å². The van der Waals surface area contributed by atoms with Crippen LogP contribution in [0.3, 0.4) is 0 Å². The van der Waals surface area contributed by atoms with Crippen LogP contribution in [0.15, 0.2) is 35.2 Å². The number of Topliss-reactive ketones (excluding diaryl/α,β-unsaturated/α-hetero) is 1. The second-order valence-electron chi connectivity index (χ2n) is 4.32. The first-order chi connectivity index (χ1) is 10.1. The Morgan fingerprint density at radius 1 is 1.19 bits per heavy atom. The maximum atomic E-state index is 12.3. The number of ether oxygens (including phenoxy) is 2. The van der Waals surface area contributed by atoms with Crippen molar-refractivity contribution in [3.8, 4) is 11.5 Å². The molecule has 0 saturated carbocycles. The van der Waals surface area contributed by atoms with Crippen molar-refractivity contribution < 1.29 is 18.5 Å². The van der Waals surface area contributed by atoms with E-state index in [1.165, 1.54) is 11.3 Å². The molecule has 1 atom stereocenters. The fourth-order valence-electron chi connectivity index (χ4n) is 1.90. The molecule has 0 aliphatic carbocycles. The Morgan fingerprint density at radius 3 is 2.67 bits per heavy atom. The molecule has 1 unspecified atom stereocenters. The fourth-order valence-corrected chi connectivity index (χ4v) is 3.99. The lowest BCUT2D eigenvalue weighted by Crippen LogP contribution is -2.16. The minimum Gasteiger partial charge on any atom is -0.486 e. The van der Waals surface area contributed by atoms with Crippen LogP contribution < -0.4 is 9.47 Å². The highest BCUT2D eigenvalue weighted by Crippen LogP contribution is 2.32. The monoisotopic (exact) mass is 342 g/mol. The summed E-state index contributed by atoms with van der Waals surface area (Å²) in [5.74, 6) is 0.952. The Labute approximate surface area is 133 Å². The molecule has 0 N–H and O–H groups in total. The molecule has 0 saturated heterocycles. The van der Waals surface area contributed by atoms with Crippen LogP contribution >= 0.6 is 22.9 Å². The number of thiophene rings is 1. The van der Waals surface area contributed by atoms with E-state index in [1.807, 2.05) is 0 Å². The molecule has 2 heterocycles. The van der Waals surface area contributed by atoms with Gasteiger partial charge in [-0.1, -0.05) is 11.6 Å². The highest BCUT2D eigenvalue weighted by atomic mass is 35.5. The van der Waals surface area contributed by atoms with Gasteiger partial charge in [0, 0.05) is 11.0 Å². The maximum absolute atomic E-state index is 12.3. The van der Waals surface area contributed by atoms with Gasteiger partial charge in [0.2, 0.25) is 0 Å². The molecule has 0 bridgehead atoms. The van der Waals surface area contributed by atoms with E-state index in [2.05, 4.69) is 0 Å². The van der Waals surface area contributed by atoms with Crippen LogP contribution in [0, 0.1) is 0 Å². The number of fused-ring (bicyclic) bond motifs is 1. The third-order valence-corrected chi connectivity index (χ3v) is 5.46. The SMILES string of the molecule is O=C(CS(=O)c1ccc2c(c1)OCCO2)c1ccc(Cl)s1. The van der Waals surface area contributed by atoms with Gasteiger partial charge in [0.15, 0.2) is 17.3 Å². The standard InChI is InChI=1S/C14H11ClO4S2/c15-14-4-3-13(20-14)10(16)8-21(17)9-1-2-11-12(7-9)19-6-5-18-11/h1-4,7H,5-6,8H2. The van der Waals surface area contributed by atoms with E-state index in [0.717, 1.165) is 0 Å². The summed E-state index contributed by atoms with van der Waals surface area (Å²) in [6.45, 7) is 0.975. The predicted octanol–water partition coefficient (Wildman–Crippen LogP) is 3.16. The van der Waals surface area contributed by atoms with E-state index >= 15 is 0 Å². The van der Waals surface area contributed by atoms with E-state index in [-0.39, 0.29) is 11.5 Å². The van der Waals surface area contributed by atoms with Crippen molar-refractivity contribution in [2.45, 2.75) is 4.90 Å². The quantitative estimate of drug-likeness (QED) is 0.801. The number of carbonyl (C=O) groups is 1. The number of halogens is 1. The molecule has 110 valence electrons. The highest BCUT2D eigenvalue weighted by molar-refractivity contribution is 7.85. The molecule has 1 aromatic carbocycles. The number of hydrogen-bond donors (Lipinski definition) is 0. The third-order valence-electron chi connectivity index (χ3n) is 2.89. The zero-order valence-corrected chi connectivity index (χ0v) is 13.2. The molecule has 1 aromatic heterocycles. The van der Waals surface area contributed by atoms with E-state index in [1.54, 1.807) is 30.3 Å². The Hall–Kier alpha value is -1.37. The van der Waals surface area contributed by atoms with E-state index in [4.69, 9.17) is 21.1 Å². The zero-order valence-electron chi connectivity index (χ0n) is 10.8. The van der Waals surface area contributed by atoms with Gasteiger partial charge in [0.05, 0.1) is 25.8 Å². The summed E-state index contributed by atoms with van der Waals surface area (Å²) in [6, 6.07) is 8.38. The molecule has 21 heavy (non-hydrogen) atoms. The summed E-state index contributed by atoms with van der Waals surface area (Å²) in [5, 5.41) is 0. The molecule has 2 aromatic rings. The number of rotatable bonds is 4. The summed E-state index contributed by atoms with van der Waals surface area (Å²) >= 11 is 6.99. The number of benzene rings is 1. The normalized spacial score (nSPS) is 14.7. The Balaban J connectivity index is 1.75. The van der Waals surface area contributed by atoms with Crippen molar-refractivity contribution in [2.75, 3.05) is 19.0 Å². The van der Waals surface area contributed by atoms with Crippen LogP contribution in [0.4, 0.5) is 0 Å². The van der Waals surface area contributed by atoms with Gasteiger partial charge in [-0.3, -0.25) is 9.00 Å².